The third-order valence-electron chi connectivity index (χ3n) is 4.16. The third-order valence-corrected chi connectivity index (χ3v) is 4.16. The molecule has 0 spiro atoms. The molecule has 4 nitrogen and oxygen atoms in total. The lowest BCUT2D eigenvalue weighted by Gasteiger charge is -2.28. The van der Waals surface area contributed by atoms with Crippen LogP contribution in [0.2, 0.25) is 0 Å². The standard InChI is InChI=1S/C19H20FN3O/c1-13-17(14(2)24-22-13)12-23(3)19(18-9-4-5-10-21-18)15-7-6-8-16(20)11-15/h4-11,19H,12H2,1-3H3. The first-order valence-electron chi connectivity index (χ1n) is 7.84. The second-order valence-corrected chi connectivity index (χ2v) is 5.93. The molecule has 3 rings (SSSR count). The Bertz CT molecular complexity index is 797. The van der Waals surface area contributed by atoms with Crippen molar-refractivity contribution in [2.45, 2.75) is 26.4 Å². The minimum atomic E-state index is -0.251. The molecule has 0 aliphatic carbocycles. The van der Waals surface area contributed by atoms with Crippen molar-refractivity contribution < 1.29 is 8.91 Å². The number of hydrogen-bond acceptors (Lipinski definition) is 4. The number of hydrogen-bond donors (Lipinski definition) is 0. The van der Waals surface area contributed by atoms with Crippen molar-refractivity contribution in [3.05, 3.63) is 82.8 Å². The molecule has 0 N–H and O–H groups in total. The highest BCUT2D eigenvalue weighted by Gasteiger charge is 2.23. The van der Waals surface area contributed by atoms with Gasteiger partial charge in [0.05, 0.1) is 17.4 Å². The smallest absolute Gasteiger partial charge is 0.138 e. The summed E-state index contributed by atoms with van der Waals surface area (Å²) in [5.74, 6) is 0.553. The molecule has 5 heteroatoms. The van der Waals surface area contributed by atoms with E-state index in [2.05, 4.69) is 15.0 Å². The van der Waals surface area contributed by atoms with E-state index in [-0.39, 0.29) is 11.9 Å². The SMILES string of the molecule is Cc1noc(C)c1CN(C)C(c1cccc(F)c1)c1ccccn1. The number of pyridine rings is 1. The summed E-state index contributed by atoms with van der Waals surface area (Å²) < 4.78 is 19.0. The van der Waals surface area contributed by atoms with Crippen LogP contribution >= 0.6 is 0 Å². The van der Waals surface area contributed by atoms with E-state index in [0.29, 0.717) is 6.54 Å². The average molecular weight is 325 g/mol. The fourth-order valence-corrected chi connectivity index (χ4v) is 2.93. The van der Waals surface area contributed by atoms with Crippen LogP contribution < -0.4 is 0 Å². The molecule has 3 aromatic rings. The van der Waals surface area contributed by atoms with Crippen LogP contribution in [0.15, 0.2) is 53.2 Å². The molecule has 0 saturated carbocycles. The van der Waals surface area contributed by atoms with E-state index in [9.17, 15) is 4.39 Å². The molecule has 1 unspecified atom stereocenters. The highest BCUT2D eigenvalue weighted by Crippen LogP contribution is 2.29. The van der Waals surface area contributed by atoms with Gasteiger partial charge in [-0.25, -0.2) is 4.39 Å². The molecule has 2 heterocycles. The van der Waals surface area contributed by atoms with E-state index in [1.807, 2.05) is 45.2 Å². The molecule has 0 fully saturated rings. The van der Waals surface area contributed by atoms with Crippen LogP contribution in [0.25, 0.3) is 0 Å². The monoisotopic (exact) mass is 325 g/mol. The fraction of sp³-hybridized carbons (Fsp3) is 0.263. The maximum atomic E-state index is 13.7. The normalized spacial score (nSPS) is 12.5. The number of nitrogens with zero attached hydrogens (tertiary/aromatic N) is 3. The lowest BCUT2D eigenvalue weighted by atomic mass is 10.0. The number of benzene rings is 1. The summed E-state index contributed by atoms with van der Waals surface area (Å²) in [5.41, 5.74) is 3.66. The van der Waals surface area contributed by atoms with Crippen LogP contribution in [0.1, 0.15) is 34.3 Å². The quantitative estimate of drug-likeness (QED) is 0.710. The van der Waals surface area contributed by atoms with Crippen molar-refractivity contribution in [3.8, 4) is 0 Å². The third kappa shape index (κ3) is 3.36. The Morgan fingerprint density at radius 3 is 2.62 bits per heavy atom. The zero-order valence-corrected chi connectivity index (χ0v) is 14.0. The molecule has 1 aromatic carbocycles. The van der Waals surface area contributed by atoms with Crippen LogP contribution in [-0.2, 0) is 6.54 Å². The van der Waals surface area contributed by atoms with Crippen molar-refractivity contribution >= 4 is 0 Å². The van der Waals surface area contributed by atoms with E-state index in [0.717, 1.165) is 28.3 Å². The van der Waals surface area contributed by atoms with E-state index in [1.54, 1.807) is 18.3 Å². The second kappa shape index (κ2) is 6.93. The number of aryl methyl sites for hydroxylation is 2. The predicted molar refractivity (Wildman–Crippen MR) is 89.9 cm³/mol. The lowest BCUT2D eigenvalue weighted by molar-refractivity contribution is 0.263. The number of rotatable bonds is 5. The molecule has 2 aromatic heterocycles. The van der Waals surface area contributed by atoms with Crippen LogP contribution in [0, 0.1) is 19.7 Å². The molecule has 1 atom stereocenters. The molecule has 0 aliphatic heterocycles. The van der Waals surface area contributed by atoms with Gasteiger partial charge in [-0.1, -0.05) is 23.4 Å². The molecule has 0 radical (unpaired) electrons. The van der Waals surface area contributed by atoms with Crippen LogP contribution in [0.4, 0.5) is 4.39 Å². The van der Waals surface area contributed by atoms with Gasteiger partial charge in [-0.15, -0.1) is 0 Å². The summed E-state index contributed by atoms with van der Waals surface area (Å²) in [4.78, 5) is 6.61. The van der Waals surface area contributed by atoms with E-state index >= 15 is 0 Å². The van der Waals surface area contributed by atoms with Gasteiger partial charge in [0.15, 0.2) is 0 Å². The van der Waals surface area contributed by atoms with Gasteiger partial charge in [-0.2, -0.15) is 0 Å². The summed E-state index contributed by atoms with van der Waals surface area (Å²) in [7, 11) is 2.00. The number of halogens is 1. The summed E-state index contributed by atoms with van der Waals surface area (Å²) in [6, 6.07) is 12.3. The Hall–Kier alpha value is -2.53. The summed E-state index contributed by atoms with van der Waals surface area (Å²) in [6.45, 7) is 4.47. The predicted octanol–water partition coefficient (Wildman–Crippen LogP) is 4.05. The molecule has 0 bridgehead atoms. The zero-order chi connectivity index (χ0) is 17.1. The van der Waals surface area contributed by atoms with Gasteiger partial charge in [-0.3, -0.25) is 9.88 Å². The van der Waals surface area contributed by atoms with Crippen molar-refractivity contribution in [1.29, 1.82) is 0 Å². The van der Waals surface area contributed by atoms with Crippen LogP contribution in [0.3, 0.4) is 0 Å². The molecule has 24 heavy (non-hydrogen) atoms. The Labute approximate surface area is 140 Å². The lowest BCUT2D eigenvalue weighted by Crippen LogP contribution is -2.26. The van der Waals surface area contributed by atoms with Crippen molar-refractivity contribution in [1.82, 2.24) is 15.0 Å². The van der Waals surface area contributed by atoms with Gasteiger partial charge < -0.3 is 4.52 Å². The molecule has 0 aliphatic rings. The number of aromatic nitrogens is 2. The van der Waals surface area contributed by atoms with Gasteiger partial charge >= 0.3 is 0 Å². The Balaban J connectivity index is 1.98. The molecular formula is C19H20FN3O. The Kier molecular flexibility index (Phi) is 4.71. The molecular weight excluding hydrogens is 305 g/mol. The first-order valence-corrected chi connectivity index (χ1v) is 7.84. The van der Waals surface area contributed by atoms with E-state index in [1.165, 1.54) is 6.07 Å². The Morgan fingerprint density at radius 2 is 2.00 bits per heavy atom. The first-order chi connectivity index (χ1) is 11.6. The topological polar surface area (TPSA) is 42.2 Å². The van der Waals surface area contributed by atoms with Gasteiger partial charge in [0.1, 0.15) is 11.6 Å². The second-order valence-electron chi connectivity index (χ2n) is 5.93. The van der Waals surface area contributed by atoms with E-state index in [4.69, 9.17) is 4.52 Å². The fourth-order valence-electron chi connectivity index (χ4n) is 2.93. The molecule has 0 amide bonds. The highest BCUT2D eigenvalue weighted by atomic mass is 19.1. The van der Waals surface area contributed by atoms with Gasteiger partial charge in [0.2, 0.25) is 0 Å². The van der Waals surface area contributed by atoms with Crippen molar-refractivity contribution in [2.75, 3.05) is 7.05 Å². The zero-order valence-electron chi connectivity index (χ0n) is 14.0. The molecule has 124 valence electrons. The van der Waals surface area contributed by atoms with Crippen LogP contribution in [-0.4, -0.2) is 22.1 Å². The summed E-state index contributed by atoms with van der Waals surface area (Å²) in [5, 5.41) is 4.01. The maximum absolute atomic E-state index is 13.7. The minimum absolute atomic E-state index is 0.157. The Morgan fingerprint density at radius 1 is 1.17 bits per heavy atom. The van der Waals surface area contributed by atoms with Gasteiger partial charge in [0.25, 0.3) is 0 Å². The van der Waals surface area contributed by atoms with E-state index < -0.39 is 0 Å². The summed E-state index contributed by atoms with van der Waals surface area (Å²) in [6.07, 6.45) is 1.76. The van der Waals surface area contributed by atoms with Crippen molar-refractivity contribution in [3.63, 3.8) is 0 Å². The highest BCUT2D eigenvalue weighted by molar-refractivity contribution is 5.29. The minimum Gasteiger partial charge on any atom is -0.361 e. The maximum Gasteiger partial charge on any atom is 0.138 e. The average Bonchev–Trinajstić information content (AvgIpc) is 2.88. The van der Waals surface area contributed by atoms with Gasteiger partial charge in [0, 0.05) is 18.3 Å². The van der Waals surface area contributed by atoms with Crippen molar-refractivity contribution in [2.24, 2.45) is 0 Å². The van der Waals surface area contributed by atoms with Crippen LogP contribution in [0.5, 0.6) is 0 Å². The summed E-state index contributed by atoms with van der Waals surface area (Å²) >= 11 is 0. The molecule has 0 saturated heterocycles. The van der Waals surface area contributed by atoms with Gasteiger partial charge in [-0.05, 0) is 50.7 Å². The first kappa shape index (κ1) is 16.3. The largest absolute Gasteiger partial charge is 0.361 e.